The number of aryl methyl sites for hydroxylation is 1. The number of sulfonamides is 1. The quantitative estimate of drug-likeness (QED) is 0.734. The van der Waals surface area contributed by atoms with E-state index in [9.17, 15) is 21.6 Å². The van der Waals surface area contributed by atoms with E-state index in [0.717, 1.165) is 17.3 Å². The molecule has 9 heteroatoms. The summed E-state index contributed by atoms with van der Waals surface area (Å²) in [6.07, 6.45) is -3.64. The Kier molecular flexibility index (Phi) is 4.83. The third-order valence-electron chi connectivity index (χ3n) is 3.98. The van der Waals surface area contributed by atoms with Gasteiger partial charge in [-0.15, -0.1) is 0 Å². The van der Waals surface area contributed by atoms with Crippen molar-refractivity contribution in [2.24, 2.45) is 5.14 Å². The number of benzene rings is 2. The normalized spacial score (nSPS) is 12.3. The molecule has 5 nitrogen and oxygen atoms in total. The van der Waals surface area contributed by atoms with Crippen molar-refractivity contribution < 1.29 is 21.6 Å². The molecule has 3 aromatic rings. The fourth-order valence-corrected chi connectivity index (χ4v) is 3.10. The van der Waals surface area contributed by atoms with Crippen LogP contribution in [0.25, 0.3) is 11.4 Å². The van der Waals surface area contributed by atoms with E-state index in [-0.39, 0.29) is 17.3 Å². The second-order valence-corrected chi connectivity index (χ2v) is 7.69. The fourth-order valence-electron chi connectivity index (χ4n) is 2.59. The molecule has 2 N–H and O–H groups in total. The molecule has 2 aromatic carbocycles. The topological polar surface area (TPSA) is 78.0 Å². The Morgan fingerprint density at radius 2 is 1.63 bits per heavy atom. The minimum atomic E-state index is -4.59. The summed E-state index contributed by atoms with van der Waals surface area (Å²) in [5, 5.41) is 5.05. The van der Waals surface area contributed by atoms with Gasteiger partial charge in [0.1, 0.15) is 5.82 Å². The highest BCUT2D eigenvalue weighted by molar-refractivity contribution is 7.89. The molecule has 0 aliphatic carbocycles. The van der Waals surface area contributed by atoms with Crippen molar-refractivity contribution in [3.05, 3.63) is 71.5 Å². The highest BCUT2D eigenvalue weighted by Crippen LogP contribution is 2.31. The number of nitrogens with zero attached hydrogens (tertiary/aromatic N) is 2. The Morgan fingerprint density at radius 1 is 1.04 bits per heavy atom. The van der Waals surface area contributed by atoms with Crippen LogP contribution in [-0.4, -0.2) is 18.0 Å². The SMILES string of the molecule is Cc1ccc(Cn2cc(C(F)(F)F)nc2-c2ccc(S(N)(=O)=O)cc2)cc1. The van der Waals surface area contributed by atoms with Gasteiger partial charge in [0, 0.05) is 18.3 Å². The van der Waals surface area contributed by atoms with E-state index in [0.29, 0.717) is 5.56 Å². The molecule has 0 aliphatic rings. The van der Waals surface area contributed by atoms with Crippen molar-refractivity contribution in [3.63, 3.8) is 0 Å². The maximum atomic E-state index is 13.1. The standard InChI is InChI=1S/C18H16F3N3O2S/c1-12-2-4-13(5-3-12)10-24-11-16(18(19,20)21)23-17(24)14-6-8-15(9-7-14)27(22,25)26/h2-9,11H,10H2,1H3,(H2,22,25,26). The highest BCUT2D eigenvalue weighted by atomic mass is 32.2. The van der Waals surface area contributed by atoms with Crippen LogP contribution in [0.15, 0.2) is 59.6 Å². The summed E-state index contributed by atoms with van der Waals surface area (Å²) in [6, 6.07) is 12.6. The van der Waals surface area contributed by atoms with Crippen LogP contribution in [0.2, 0.25) is 0 Å². The molecule has 0 unspecified atom stereocenters. The molecule has 142 valence electrons. The van der Waals surface area contributed by atoms with Crippen LogP contribution in [0.1, 0.15) is 16.8 Å². The number of aromatic nitrogens is 2. The van der Waals surface area contributed by atoms with E-state index in [2.05, 4.69) is 4.98 Å². The minimum absolute atomic E-state index is 0.0869. The minimum Gasteiger partial charge on any atom is -0.326 e. The lowest BCUT2D eigenvalue weighted by Gasteiger charge is -2.09. The molecule has 0 atom stereocenters. The second-order valence-electron chi connectivity index (χ2n) is 6.13. The number of hydrogen-bond donors (Lipinski definition) is 1. The average Bonchev–Trinajstić information content (AvgIpc) is 3.00. The Morgan fingerprint density at radius 3 is 2.15 bits per heavy atom. The maximum absolute atomic E-state index is 13.1. The van der Waals surface area contributed by atoms with Crippen LogP contribution < -0.4 is 5.14 Å². The predicted octanol–water partition coefficient (Wildman–Crippen LogP) is 3.57. The molecule has 1 aromatic heterocycles. The molecular formula is C18H16F3N3O2S. The van der Waals surface area contributed by atoms with Gasteiger partial charge in [0.25, 0.3) is 0 Å². The van der Waals surface area contributed by atoms with Crippen LogP contribution >= 0.6 is 0 Å². The number of hydrogen-bond acceptors (Lipinski definition) is 3. The number of alkyl halides is 3. The largest absolute Gasteiger partial charge is 0.434 e. The number of rotatable bonds is 4. The van der Waals surface area contributed by atoms with Crippen LogP contribution in [0.4, 0.5) is 13.2 Å². The number of primary sulfonamides is 1. The molecule has 1 heterocycles. The first kappa shape index (κ1) is 19.1. The molecule has 0 aliphatic heterocycles. The predicted molar refractivity (Wildman–Crippen MR) is 94.3 cm³/mol. The highest BCUT2D eigenvalue weighted by Gasteiger charge is 2.35. The molecule has 0 radical (unpaired) electrons. The summed E-state index contributed by atoms with van der Waals surface area (Å²) in [7, 11) is -3.89. The number of halogens is 3. The first-order chi connectivity index (χ1) is 12.5. The third kappa shape index (κ3) is 4.37. The van der Waals surface area contributed by atoms with Crippen molar-refractivity contribution >= 4 is 10.0 Å². The van der Waals surface area contributed by atoms with Crippen LogP contribution in [0.5, 0.6) is 0 Å². The first-order valence-corrected chi connectivity index (χ1v) is 9.42. The fraction of sp³-hybridized carbons (Fsp3) is 0.167. The van der Waals surface area contributed by atoms with Crippen LogP contribution in [0.3, 0.4) is 0 Å². The van der Waals surface area contributed by atoms with E-state index >= 15 is 0 Å². The maximum Gasteiger partial charge on any atom is 0.434 e. The molecule has 0 saturated heterocycles. The lowest BCUT2D eigenvalue weighted by atomic mass is 10.1. The van der Waals surface area contributed by atoms with E-state index in [1.54, 1.807) is 0 Å². The van der Waals surface area contributed by atoms with Gasteiger partial charge in [-0.1, -0.05) is 29.8 Å². The van der Waals surface area contributed by atoms with Gasteiger partial charge in [-0.05, 0) is 36.8 Å². The Bertz CT molecular complexity index is 1050. The molecule has 0 fully saturated rings. The van der Waals surface area contributed by atoms with Crippen molar-refractivity contribution in [2.75, 3.05) is 0 Å². The van der Waals surface area contributed by atoms with Gasteiger partial charge in [-0.25, -0.2) is 18.5 Å². The van der Waals surface area contributed by atoms with Crippen LogP contribution in [0, 0.1) is 6.92 Å². The summed E-state index contributed by atoms with van der Waals surface area (Å²) >= 11 is 0. The zero-order valence-corrected chi connectivity index (χ0v) is 15.1. The number of imidazole rings is 1. The monoisotopic (exact) mass is 395 g/mol. The summed E-state index contributed by atoms with van der Waals surface area (Å²) in [6.45, 7) is 2.11. The van der Waals surface area contributed by atoms with Gasteiger partial charge in [0.05, 0.1) is 4.90 Å². The lowest BCUT2D eigenvalue weighted by molar-refractivity contribution is -0.140. The van der Waals surface area contributed by atoms with E-state index < -0.39 is 21.9 Å². The Balaban J connectivity index is 2.05. The summed E-state index contributed by atoms with van der Waals surface area (Å²) in [5.41, 5.74) is 1.19. The van der Waals surface area contributed by atoms with Gasteiger partial charge in [-0.2, -0.15) is 13.2 Å². The summed E-state index contributed by atoms with van der Waals surface area (Å²) in [4.78, 5) is 3.59. The van der Waals surface area contributed by atoms with Crippen molar-refractivity contribution in [1.29, 1.82) is 0 Å². The smallest absolute Gasteiger partial charge is 0.326 e. The second kappa shape index (κ2) is 6.82. The lowest BCUT2D eigenvalue weighted by Crippen LogP contribution is -2.11. The van der Waals surface area contributed by atoms with Gasteiger partial charge < -0.3 is 4.57 Å². The summed E-state index contributed by atoms with van der Waals surface area (Å²) in [5.74, 6) is 0.0869. The molecule has 0 spiro atoms. The third-order valence-corrected chi connectivity index (χ3v) is 4.91. The van der Waals surface area contributed by atoms with Crippen molar-refractivity contribution in [1.82, 2.24) is 9.55 Å². The zero-order valence-electron chi connectivity index (χ0n) is 14.2. The van der Waals surface area contributed by atoms with E-state index in [1.807, 2.05) is 31.2 Å². The molecule has 27 heavy (non-hydrogen) atoms. The van der Waals surface area contributed by atoms with Crippen molar-refractivity contribution in [2.45, 2.75) is 24.5 Å². The zero-order chi connectivity index (χ0) is 19.8. The Hall–Kier alpha value is -2.65. The summed E-state index contributed by atoms with van der Waals surface area (Å²) < 4.78 is 63.5. The first-order valence-electron chi connectivity index (χ1n) is 7.87. The molecular weight excluding hydrogens is 379 g/mol. The average molecular weight is 395 g/mol. The van der Waals surface area contributed by atoms with Gasteiger partial charge in [0.15, 0.2) is 5.69 Å². The molecule has 3 rings (SSSR count). The van der Waals surface area contributed by atoms with Gasteiger partial charge in [-0.3, -0.25) is 0 Å². The Labute approximate surface area is 154 Å². The van der Waals surface area contributed by atoms with Crippen molar-refractivity contribution in [3.8, 4) is 11.4 Å². The van der Waals surface area contributed by atoms with E-state index in [1.165, 1.54) is 28.8 Å². The molecule has 0 amide bonds. The van der Waals surface area contributed by atoms with Gasteiger partial charge in [0.2, 0.25) is 10.0 Å². The van der Waals surface area contributed by atoms with Crippen LogP contribution in [-0.2, 0) is 22.7 Å². The molecule has 0 bridgehead atoms. The molecule has 0 saturated carbocycles. The van der Waals surface area contributed by atoms with E-state index in [4.69, 9.17) is 5.14 Å². The van der Waals surface area contributed by atoms with Gasteiger partial charge >= 0.3 is 6.18 Å². The number of nitrogens with two attached hydrogens (primary N) is 1.